The van der Waals surface area contributed by atoms with Gasteiger partial charge in [0.05, 0.1) is 21.7 Å². The SMILES string of the molecule is O=C(C=Cc1ccccc1)C1=C(O)C(=O)N(c2nnc(SCc3ccccc3)s2)C1c1ccc(Cl)c(Cl)c1. The van der Waals surface area contributed by atoms with Crippen LogP contribution in [-0.2, 0) is 15.3 Å². The Morgan fingerprint density at radius 2 is 1.71 bits per heavy atom. The number of benzene rings is 3. The number of hydrogen-bond acceptors (Lipinski definition) is 7. The lowest BCUT2D eigenvalue weighted by Gasteiger charge is -2.24. The van der Waals surface area contributed by atoms with Crippen molar-refractivity contribution in [1.29, 1.82) is 0 Å². The van der Waals surface area contributed by atoms with Crippen LogP contribution in [0.15, 0.2) is 101 Å². The van der Waals surface area contributed by atoms with E-state index in [-0.39, 0.29) is 15.7 Å². The Bertz CT molecular complexity index is 1560. The number of carbonyl (C=O) groups excluding carboxylic acids is 2. The third-order valence-electron chi connectivity index (χ3n) is 5.77. The van der Waals surface area contributed by atoms with Crippen molar-refractivity contribution in [2.24, 2.45) is 0 Å². The van der Waals surface area contributed by atoms with Gasteiger partial charge in [0.1, 0.15) is 0 Å². The summed E-state index contributed by atoms with van der Waals surface area (Å²) in [6.45, 7) is 0. The number of ketones is 1. The average Bonchev–Trinajstić information content (AvgIpc) is 3.51. The van der Waals surface area contributed by atoms with Crippen LogP contribution in [0, 0.1) is 0 Å². The first-order valence-corrected chi connectivity index (χ1v) is 14.0. The maximum absolute atomic E-state index is 13.4. The summed E-state index contributed by atoms with van der Waals surface area (Å²) in [5.74, 6) is -1.22. The van der Waals surface area contributed by atoms with Crippen molar-refractivity contribution in [1.82, 2.24) is 10.2 Å². The van der Waals surface area contributed by atoms with Crippen LogP contribution in [0.1, 0.15) is 22.7 Å². The maximum atomic E-state index is 13.4. The first-order valence-electron chi connectivity index (χ1n) is 11.4. The smallest absolute Gasteiger partial charge is 0.296 e. The van der Waals surface area contributed by atoms with Crippen molar-refractivity contribution >= 4 is 69.2 Å². The van der Waals surface area contributed by atoms with Crippen LogP contribution in [-0.4, -0.2) is 27.0 Å². The predicted octanol–water partition coefficient (Wildman–Crippen LogP) is 7.32. The molecule has 3 aromatic carbocycles. The van der Waals surface area contributed by atoms with Gasteiger partial charge in [0.25, 0.3) is 5.91 Å². The van der Waals surface area contributed by atoms with Gasteiger partial charge in [-0.15, -0.1) is 10.2 Å². The summed E-state index contributed by atoms with van der Waals surface area (Å²) < 4.78 is 0.646. The second kappa shape index (κ2) is 11.5. The van der Waals surface area contributed by atoms with Crippen LogP contribution < -0.4 is 4.90 Å². The molecule has 0 spiro atoms. The molecule has 5 rings (SSSR count). The summed E-state index contributed by atoms with van der Waals surface area (Å²) >= 11 is 15.1. The largest absolute Gasteiger partial charge is 0.503 e. The van der Waals surface area contributed by atoms with E-state index in [1.54, 1.807) is 24.3 Å². The molecule has 1 N–H and O–H groups in total. The van der Waals surface area contributed by atoms with E-state index in [4.69, 9.17) is 23.2 Å². The number of aromatic nitrogens is 2. The van der Waals surface area contributed by atoms with E-state index in [2.05, 4.69) is 10.2 Å². The first-order chi connectivity index (χ1) is 18.4. The predicted molar refractivity (Wildman–Crippen MR) is 153 cm³/mol. The molecule has 1 aliphatic heterocycles. The summed E-state index contributed by atoms with van der Waals surface area (Å²) in [6.07, 6.45) is 2.97. The fourth-order valence-electron chi connectivity index (χ4n) is 3.96. The van der Waals surface area contributed by atoms with Crippen LogP contribution in [0.4, 0.5) is 5.13 Å². The lowest BCUT2D eigenvalue weighted by atomic mass is 9.96. The Morgan fingerprint density at radius 1 is 1.00 bits per heavy atom. The van der Waals surface area contributed by atoms with E-state index >= 15 is 0 Å². The fraction of sp³-hybridized carbons (Fsp3) is 0.0714. The number of nitrogens with zero attached hydrogens (tertiary/aromatic N) is 3. The van der Waals surface area contributed by atoms with Crippen molar-refractivity contribution < 1.29 is 14.7 Å². The normalized spacial score (nSPS) is 15.6. The highest BCUT2D eigenvalue weighted by Crippen LogP contribution is 2.44. The molecule has 0 saturated heterocycles. The summed E-state index contributed by atoms with van der Waals surface area (Å²) in [4.78, 5) is 28.0. The molecule has 1 unspecified atom stereocenters. The highest BCUT2D eigenvalue weighted by atomic mass is 35.5. The molecule has 0 bridgehead atoms. The van der Waals surface area contributed by atoms with Gasteiger partial charge in [0, 0.05) is 5.75 Å². The van der Waals surface area contributed by atoms with Gasteiger partial charge in [-0.2, -0.15) is 0 Å². The lowest BCUT2D eigenvalue weighted by Crippen LogP contribution is -2.30. The Morgan fingerprint density at radius 3 is 2.42 bits per heavy atom. The minimum Gasteiger partial charge on any atom is -0.503 e. The van der Waals surface area contributed by atoms with E-state index in [0.29, 0.717) is 20.7 Å². The van der Waals surface area contributed by atoms with E-state index < -0.39 is 23.5 Å². The Hall–Kier alpha value is -3.43. The Balaban J connectivity index is 1.49. The van der Waals surface area contributed by atoms with Gasteiger partial charge >= 0.3 is 0 Å². The van der Waals surface area contributed by atoms with E-state index in [9.17, 15) is 14.7 Å². The molecule has 190 valence electrons. The molecule has 1 atom stereocenters. The minimum absolute atomic E-state index is 0.0748. The van der Waals surface area contributed by atoms with Gasteiger partial charge in [-0.1, -0.05) is 119 Å². The maximum Gasteiger partial charge on any atom is 0.296 e. The van der Waals surface area contributed by atoms with Gasteiger partial charge in [0.15, 0.2) is 15.9 Å². The van der Waals surface area contributed by atoms with Gasteiger partial charge in [-0.25, -0.2) is 0 Å². The highest BCUT2D eigenvalue weighted by Gasteiger charge is 2.45. The number of amides is 1. The number of hydrogen-bond donors (Lipinski definition) is 1. The van der Waals surface area contributed by atoms with Crippen LogP contribution in [0.5, 0.6) is 0 Å². The summed E-state index contributed by atoms with van der Waals surface area (Å²) in [5, 5.41) is 20.2. The lowest BCUT2D eigenvalue weighted by molar-refractivity contribution is -0.117. The molecule has 6 nitrogen and oxygen atoms in total. The number of carbonyl (C=O) groups is 2. The topological polar surface area (TPSA) is 83.4 Å². The summed E-state index contributed by atoms with van der Waals surface area (Å²) in [6, 6.07) is 23.0. The molecule has 0 fully saturated rings. The standard InChI is InChI=1S/C28H19Cl2N3O3S2/c29-20-13-12-19(15-21(20)30)24-23(22(34)14-11-17-7-3-1-4-8-17)25(35)26(36)33(24)27-31-32-28(38-27)37-16-18-9-5-2-6-10-18/h1-15,24,35H,16H2. The zero-order valence-corrected chi connectivity index (χ0v) is 22.8. The molecule has 1 aliphatic rings. The quantitative estimate of drug-likeness (QED) is 0.134. The second-order valence-electron chi connectivity index (χ2n) is 8.25. The van der Waals surface area contributed by atoms with Crippen LogP contribution >= 0.6 is 46.3 Å². The third kappa shape index (κ3) is 5.54. The van der Waals surface area contributed by atoms with Crippen LogP contribution in [0.25, 0.3) is 6.08 Å². The number of halogens is 2. The van der Waals surface area contributed by atoms with Crippen LogP contribution in [0.3, 0.4) is 0 Å². The minimum atomic E-state index is -0.967. The number of allylic oxidation sites excluding steroid dienone is 1. The zero-order valence-electron chi connectivity index (χ0n) is 19.6. The molecule has 38 heavy (non-hydrogen) atoms. The third-order valence-corrected chi connectivity index (χ3v) is 8.63. The summed E-state index contributed by atoms with van der Waals surface area (Å²) in [7, 11) is 0. The molecule has 0 aliphatic carbocycles. The van der Waals surface area contributed by atoms with Gasteiger partial charge < -0.3 is 5.11 Å². The first kappa shape index (κ1) is 26.2. The van der Waals surface area contributed by atoms with Crippen molar-refractivity contribution in [2.75, 3.05) is 4.90 Å². The van der Waals surface area contributed by atoms with Crippen molar-refractivity contribution in [2.45, 2.75) is 16.1 Å². The van der Waals surface area contributed by atoms with Crippen molar-refractivity contribution in [3.63, 3.8) is 0 Å². The Kier molecular flexibility index (Phi) is 7.95. The highest BCUT2D eigenvalue weighted by molar-refractivity contribution is 8.00. The Labute approximate surface area is 237 Å². The molecule has 10 heteroatoms. The average molecular weight is 581 g/mol. The monoisotopic (exact) mass is 579 g/mol. The molecule has 0 radical (unpaired) electrons. The number of aliphatic hydroxyl groups is 1. The molecular weight excluding hydrogens is 561 g/mol. The molecule has 1 aromatic heterocycles. The molecule has 2 heterocycles. The van der Waals surface area contributed by atoms with E-state index in [0.717, 1.165) is 11.1 Å². The molecule has 4 aromatic rings. The van der Waals surface area contributed by atoms with Gasteiger partial charge in [-0.05, 0) is 34.9 Å². The number of thioether (sulfide) groups is 1. The number of aliphatic hydroxyl groups excluding tert-OH is 1. The van der Waals surface area contributed by atoms with E-state index in [1.807, 2.05) is 60.7 Å². The van der Waals surface area contributed by atoms with Gasteiger partial charge in [-0.3, -0.25) is 14.5 Å². The van der Waals surface area contributed by atoms with Crippen molar-refractivity contribution in [3.05, 3.63) is 123 Å². The molecule has 0 saturated carbocycles. The van der Waals surface area contributed by atoms with Crippen molar-refractivity contribution in [3.8, 4) is 0 Å². The zero-order chi connectivity index (χ0) is 26.6. The van der Waals surface area contributed by atoms with Gasteiger partial charge in [0.2, 0.25) is 5.13 Å². The molecule has 1 amide bonds. The van der Waals surface area contributed by atoms with E-state index in [1.165, 1.54) is 34.1 Å². The summed E-state index contributed by atoms with van der Waals surface area (Å²) in [5.41, 5.74) is 2.35. The fourth-order valence-corrected chi connectivity index (χ4v) is 6.09. The number of anilines is 1. The number of rotatable bonds is 8. The second-order valence-corrected chi connectivity index (χ2v) is 11.2. The van der Waals surface area contributed by atoms with Crippen LogP contribution in [0.2, 0.25) is 10.0 Å². The molecular formula is C28H19Cl2N3O3S2.